The fraction of sp³-hybridized carbons (Fsp3) is 0.533. The van der Waals surface area contributed by atoms with E-state index in [4.69, 9.17) is 0 Å². The van der Waals surface area contributed by atoms with E-state index in [1.807, 2.05) is 7.05 Å². The molecule has 19 heavy (non-hydrogen) atoms. The lowest BCUT2D eigenvalue weighted by Crippen LogP contribution is -2.39. The molecule has 1 aliphatic rings. The first-order chi connectivity index (χ1) is 8.99. The standard InChI is InChI=1S/C15H20INO2/c1-10-3-6-12(7-4-10)17(2)15(19)13-9-11(16)5-8-14(13)18/h5,8-10,12,18H,3-4,6-7H2,1-2H3. The second kappa shape index (κ2) is 6.11. The van der Waals surface area contributed by atoms with E-state index >= 15 is 0 Å². The molecule has 0 aromatic heterocycles. The molecule has 0 spiro atoms. The highest BCUT2D eigenvalue weighted by molar-refractivity contribution is 14.1. The van der Waals surface area contributed by atoms with E-state index in [2.05, 4.69) is 29.5 Å². The third-order valence-corrected chi connectivity index (χ3v) is 4.71. The van der Waals surface area contributed by atoms with Crippen LogP contribution < -0.4 is 0 Å². The van der Waals surface area contributed by atoms with E-state index in [1.165, 1.54) is 12.8 Å². The smallest absolute Gasteiger partial charge is 0.257 e. The van der Waals surface area contributed by atoms with Crippen molar-refractivity contribution in [1.82, 2.24) is 4.90 Å². The molecule has 1 saturated carbocycles. The lowest BCUT2D eigenvalue weighted by Gasteiger charge is -2.33. The summed E-state index contributed by atoms with van der Waals surface area (Å²) in [4.78, 5) is 14.3. The maximum atomic E-state index is 12.5. The zero-order valence-electron chi connectivity index (χ0n) is 11.4. The molecule has 0 atom stereocenters. The minimum Gasteiger partial charge on any atom is -0.507 e. The number of rotatable bonds is 2. The van der Waals surface area contributed by atoms with Gasteiger partial charge >= 0.3 is 0 Å². The van der Waals surface area contributed by atoms with Crippen LogP contribution in [0.2, 0.25) is 0 Å². The fourth-order valence-electron chi connectivity index (χ4n) is 2.67. The molecule has 1 aliphatic carbocycles. The number of benzene rings is 1. The summed E-state index contributed by atoms with van der Waals surface area (Å²) in [7, 11) is 1.85. The van der Waals surface area contributed by atoms with Crippen LogP contribution in [-0.2, 0) is 0 Å². The van der Waals surface area contributed by atoms with Crippen molar-refractivity contribution in [3.05, 3.63) is 27.3 Å². The van der Waals surface area contributed by atoms with Crippen molar-refractivity contribution in [1.29, 1.82) is 0 Å². The van der Waals surface area contributed by atoms with E-state index in [0.717, 1.165) is 22.3 Å². The number of phenolic OH excluding ortho intramolecular Hbond substituents is 1. The van der Waals surface area contributed by atoms with Crippen molar-refractivity contribution in [3.63, 3.8) is 0 Å². The predicted molar refractivity (Wildman–Crippen MR) is 84.3 cm³/mol. The van der Waals surface area contributed by atoms with Crippen LogP contribution in [0, 0.1) is 9.49 Å². The van der Waals surface area contributed by atoms with Gasteiger partial charge in [-0.05, 0) is 72.4 Å². The second-order valence-corrected chi connectivity index (χ2v) is 6.74. The number of aromatic hydroxyl groups is 1. The van der Waals surface area contributed by atoms with Crippen LogP contribution in [0.15, 0.2) is 18.2 Å². The van der Waals surface area contributed by atoms with Gasteiger partial charge in [-0.3, -0.25) is 4.79 Å². The molecule has 104 valence electrons. The third-order valence-electron chi connectivity index (χ3n) is 4.04. The molecule has 0 aliphatic heterocycles. The van der Waals surface area contributed by atoms with Crippen molar-refractivity contribution >= 4 is 28.5 Å². The minimum absolute atomic E-state index is 0.0708. The highest BCUT2D eigenvalue weighted by Gasteiger charge is 2.26. The van der Waals surface area contributed by atoms with E-state index in [-0.39, 0.29) is 11.7 Å². The van der Waals surface area contributed by atoms with Gasteiger partial charge in [0.2, 0.25) is 0 Å². The quantitative estimate of drug-likeness (QED) is 0.805. The van der Waals surface area contributed by atoms with Gasteiger partial charge in [0.15, 0.2) is 0 Å². The van der Waals surface area contributed by atoms with Crippen molar-refractivity contribution in [3.8, 4) is 5.75 Å². The third kappa shape index (κ3) is 3.41. The number of amides is 1. The number of phenols is 1. The van der Waals surface area contributed by atoms with E-state index in [9.17, 15) is 9.90 Å². The molecule has 4 heteroatoms. The van der Waals surface area contributed by atoms with Gasteiger partial charge in [0.1, 0.15) is 5.75 Å². The van der Waals surface area contributed by atoms with E-state index < -0.39 is 0 Å². The Labute approximate surface area is 128 Å². The minimum atomic E-state index is -0.0735. The largest absolute Gasteiger partial charge is 0.507 e. The number of hydrogen-bond donors (Lipinski definition) is 1. The van der Waals surface area contributed by atoms with Crippen molar-refractivity contribution in [2.45, 2.75) is 38.6 Å². The summed E-state index contributed by atoms with van der Waals surface area (Å²) in [5.41, 5.74) is 0.410. The summed E-state index contributed by atoms with van der Waals surface area (Å²) in [6.45, 7) is 2.27. The Morgan fingerprint density at radius 3 is 2.58 bits per heavy atom. The molecule has 0 bridgehead atoms. The van der Waals surface area contributed by atoms with Crippen LogP contribution in [0.5, 0.6) is 5.75 Å². The number of hydrogen-bond acceptors (Lipinski definition) is 2. The van der Waals surface area contributed by atoms with Gasteiger partial charge < -0.3 is 10.0 Å². The zero-order valence-corrected chi connectivity index (χ0v) is 13.6. The van der Waals surface area contributed by atoms with Crippen molar-refractivity contribution < 1.29 is 9.90 Å². The molecule has 0 unspecified atom stereocenters. The summed E-state index contributed by atoms with van der Waals surface area (Å²) in [6, 6.07) is 5.45. The first-order valence-corrected chi connectivity index (χ1v) is 7.82. The van der Waals surface area contributed by atoms with Crippen LogP contribution in [0.3, 0.4) is 0 Å². The molecule has 3 nitrogen and oxygen atoms in total. The fourth-order valence-corrected chi connectivity index (χ4v) is 3.16. The highest BCUT2D eigenvalue weighted by atomic mass is 127. The maximum absolute atomic E-state index is 12.5. The van der Waals surface area contributed by atoms with Gasteiger partial charge in [-0.25, -0.2) is 0 Å². The summed E-state index contributed by atoms with van der Waals surface area (Å²) in [5, 5.41) is 9.84. The van der Waals surface area contributed by atoms with Crippen LogP contribution in [0.25, 0.3) is 0 Å². The predicted octanol–water partition coefficient (Wildman–Crippen LogP) is 3.65. The normalized spacial score (nSPS) is 23.1. The SMILES string of the molecule is CC1CCC(N(C)C(=O)c2cc(I)ccc2O)CC1. The Morgan fingerprint density at radius 1 is 1.32 bits per heavy atom. The van der Waals surface area contributed by atoms with Crippen LogP contribution in [-0.4, -0.2) is 29.0 Å². The lowest BCUT2D eigenvalue weighted by atomic mass is 9.86. The molecule has 1 aromatic rings. The van der Waals surface area contributed by atoms with Gasteiger partial charge in [0.05, 0.1) is 5.56 Å². The highest BCUT2D eigenvalue weighted by Crippen LogP contribution is 2.28. The average Bonchev–Trinajstić information content (AvgIpc) is 2.41. The van der Waals surface area contributed by atoms with Crippen molar-refractivity contribution in [2.75, 3.05) is 7.05 Å². The summed E-state index contributed by atoms with van der Waals surface area (Å²) in [6.07, 6.45) is 4.49. The number of carbonyl (C=O) groups is 1. The average molecular weight is 373 g/mol. The van der Waals surface area contributed by atoms with Gasteiger partial charge in [-0.2, -0.15) is 0 Å². The summed E-state index contributed by atoms with van der Waals surface area (Å²) >= 11 is 2.15. The maximum Gasteiger partial charge on any atom is 0.257 e. The van der Waals surface area contributed by atoms with E-state index in [1.54, 1.807) is 23.1 Å². The molecular formula is C15H20INO2. The number of carbonyl (C=O) groups excluding carboxylic acids is 1. The van der Waals surface area contributed by atoms with Crippen LogP contribution in [0.1, 0.15) is 43.0 Å². The zero-order chi connectivity index (χ0) is 14.0. The first kappa shape index (κ1) is 14.6. The molecule has 2 rings (SSSR count). The lowest BCUT2D eigenvalue weighted by molar-refractivity contribution is 0.0676. The molecule has 1 amide bonds. The van der Waals surface area contributed by atoms with E-state index in [0.29, 0.717) is 11.6 Å². The Kier molecular flexibility index (Phi) is 4.71. The molecule has 1 N–H and O–H groups in total. The Balaban J connectivity index is 2.12. The molecule has 0 saturated heterocycles. The summed E-state index contributed by atoms with van der Waals surface area (Å²) < 4.78 is 0.962. The monoisotopic (exact) mass is 373 g/mol. The van der Waals surface area contributed by atoms with Crippen LogP contribution in [0.4, 0.5) is 0 Å². The summed E-state index contributed by atoms with van der Waals surface area (Å²) in [5.74, 6) is 0.767. The molecule has 1 fully saturated rings. The van der Waals surface area contributed by atoms with Gasteiger partial charge in [-0.1, -0.05) is 6.92 Å². The Hall–Kier alpha value is -0.780. The van der Waals surface area contributed by atoms with Gasteiger partial charge in [0, 0.05) is 16.7 Å². The molecular weight excluding hydrogens is 353 g/mol. The van der Waals surface area contributed by atoms with Gasteiger partial charge in [-0.15, -0.1) is 0 Å². The Bertz CT molecular complexity index is 467. The number of halogens is 1. The Morgan fingerprint density at radius 2 is 1.95 bits per heavy atom. The number of nitrogens with zero attached hydrogens (tertiary/aromatic N) is 1. The topological polar surface area (TPSA) is 40.5 Å². The van der Waals surface area contributed by atoms with Gasteiger partial charge in [0.25, 0.3) is 5.91 Å². The van der Waals surface area contributed by atoms with Crippen molar-refractivity contribution in [2.24, 2.45) is 5.92 Å². The molecule has 0 radical (unpaired) electrons. The molecule has 0 heterocycles. The van der Waals surface area contributed by atoms with Crippen LogP contribution >= 0.6 is 22.6 Å². The first-order valence-electron chi connectivity index (χ1n) is 6.74. The second-order valence-electron chi connectivity index (χ2n) is 5.49. The molecule has 1 aromatic carbocycles.